The maximum Gasteiger partial charge on any atom is 0.107 e. The topological polar surface area (TPSA) is 55.4 Å². The van der Waals surface area contributed by atoms with E-state index >= 15 is 0 Å². The Hall–Kier alpha value is -2.30. The molecule has 1 aliphatic heterocycles. The maximum absolute atomic E-state index is 4.37. The predicted octanol–water partition coefficient (Wildman–Crippen LogP) is 3.07. The van der Waals surface area contributed by atoms with E-state index in [4.69, 9.17) is 0 Å². The van der Waals surface area contributed by atoms with Crippen molar-refractivity contribution in [1.82, 2.24) is 14.5 Å². The Balaban J connectivity index is 1.97. The van der Waals surface area contributed by atoms with Crippen molar-refractivity contribution < 1.29 is 0 Å². The highest BCUT2D eigenvalue weighted by Gasteiger charge is 2.07. The Kier molecular flexibility index (Phi) is 3.18. The Bertz CT molecular complexity index is 639. The summed E-state index contributed by atoms with van der Waals surface area (Å²) in [6.07, 6.45) is 9.73. The molecule has 3 heterocycles. The number of pyridine rings is 1. The van der Waals surface area contributed by atoms with Crippen LogP contribution in [0, 0.1) is 0 Å². The molecule has 0 saturated heterocycles. The van der Waals surface area contributed by atoms with Crippen molar-refractivity contribution in [2.75, 3.05) is 6.54 Å². The van der Waals surface area contributed by atoms with Gasteiger partial charge in [0.05, 0.1) is 24.3 Å². The molecule has 0 saturated carbocycles. The molecular weight excluding hydrogens is 238 g/mol. The highest BCUT2D eigenvalue weighted by molar-refractivity contribution is 5.68. The molecule has 3 rings (SSSR count). The molecule has 1 aliphatic rings. The number of nitrogens with zero attached hydrogens (tertiary/aromatic N) is 5. The standard InChI is InChI=1S/C14H15N5/c1-19-9-14(16-10-19)13-8-11(5-7-15-13)12-4-2-3-6-17-18-12/h4-5,7-10H,2-3,6H2,1H3. The van der Waals surface area contributed by atoms with Gasteiger partial charge in [-0.2, -0.15) is 10.2 Å². The Labute approximate surface area is 111 Å². The highest BCUT2D eigenvalue weighted by atomic mass is 15.1. The van der Waals surface area contributed by atoms with Crippen LogP contribution in [0.15, 0.2) is 47.2 Å². The van der Waals surface area contributed by atoms with Crippen molar-refractivity contribution in [3.63, 3.8) is 0 Å². The number of aryl methyl sites for hydroxylation is 1. The van der Waals surface area contributed by atoms with Crippen molar-refractivity contribution in [1.29, 1.82) is 0 Å². The molecule has 0 fully saturated rings. The first-order valence-electron chi connectivity index (χ1n) is 6.35. The van der Waals surface area contributed by atoms with Crippen LogP contribution in [-0.2, 0) is 7.05 Å². The van der Waals surface area contributed by atoms with E-state index in [0.29, 0.717) is 0 Å². The molecule has 19 heavy (non-hydrogen) atoms. The van der Waals surface area contributed by atoms with Crippen LogP contribution in [0.5, 0.6) is 0 Å². The van der Waals surface area contributed by atoms with Gasteiger partial charge in [0.2, 0.25) is 0 Å². The van der Waals surface area contributed by atoms with Gasteiger partial charge in [-0.1, -0.05) is 6.08 Å². The van der Waals surface area contributed by atoms with Crippen LogP contribution in [0.4, 0.5) is 0 Å². The van der Waals surface area contributed by atoms with Gasteiger partial charge in [0.25, 0.3) is 0 Å². The molecule has 0 spiro atoms. The molecular formula is C14H15N5. The molecule has 2 aromatic heterocycles. The van der Waals surface area contributed by atoms with Gasteiger partial charge in [-0.05, 0) is 25.0 Å². The number of allylic oxidation sites excluding steroid dienone is 1. The first-order valence-corrected chi connectivity index (χ1v) is 6.35. The molecule has 0 radical (unpaired) electrons. The Morgan fingerprint density at radius 3 is 3.00 bits per heavy atom. The second-order valence-corrected chi connectivity index (χ2v) is 4.55. The molecule has 0 aliphatic carbocycles. The average molecular weight is 253 g/mol. The minimum absolute atomic E-state index is 0.804. The number of imidazole rings is 1. The summed E-state index contributed by atoms with van der Waals surface area (Å²) in [4.78, 5) is 8.68. The molecule has 0 amide bonds. The van der Waals surface area contributed by atoms with E-state index < -0.39 is 0 Å². The lowest BCUT2D eigenvalue weighted by atomic mass is 10.1. The van der Waals surface area contributed by atoms with E-state index in [1.807, 2.05) is 29.9 Å². The predicted molar refractivity (Wildman–Crippen MR) is 73.4 cm³/mol. The molecule has 2 aromatic rings. The summed E-state index contributed by atoms with van der Waals surface area (Å²) in [5.41, 5.74) is 3.70. The normalized spacial score (nSPS) is 15.1. The van der Waals surface area contributed by atoms with Crippen molar-refractivity contribution in [3.8, 4) is 11.4 Å². The maximum atomic E-state index is 4.37. The largest absolute Gasteiger partial charge is 0.340 e. The van der Waals surface area contributed by atoms with Crippen LogP contribution in [0.2, 0.25) is 0 Å². The number of rotatable bonds is 2. The van der Waals surface area contributed by atoms with Crippen LogP contribution >= 0.6 is 0 Å². The van der Waals surface area contributed by atoms with Crippen molar-refractivity contribution in [2.45, 2.75) is 12.8 Å². The lowest BCUT2D eigenvalue weighted by Crippen LogP contribution is -1.87. The van der Waals surface area contributed by atoms with Gasteiger partial charge in [0, 0.05) is 25.0 Å². The van der Waals surface area contributed by atoms with E-state index in [0.717, 1.165) is 42.0 Å². The SMILES string of the molecule is Cn1cnc(-c2cc(C3=CCCCN=N3)ccn2)c1. The average Bonchev–Trinajstić information content (AvgIpc) is 2.71. The highest BCUT2D eigenvalue weighted by Crippen LogP contribution is 2.23. The molecule has 5 heteroatoms. The quantitative estimate of drug-likeness (QED) is 0.825. The molecule has 96 valence electrons. The van der Waals surface area contributed by atoms with Gasteiger partial charge in [-0.25, -0.2) is 4.98 Å². The van der Waals surface area contributed by atoms with Crippen molar-refractivity contribution >= 4 is 5.70 Å². The number of azo groups is 1. The third-order valence-corrected chi connectivity index (χ3v) is 3.00. The first kappa shape index (κ1) is 11.8. The summed E-state index contributed by atoms with van der Waals surface area (Å²) in [5, 5.41) is 8.42. The summed E-state index contributed by atoms with van der Waals surface area (Å²) in [6, 6.07) is 3.97. The van der Waals surface area contributed by atoms with E-state index in [1.165, 1.54) is 0 Å². The van der Waals surface area contributed by atoms with Crippen molar-refractivity contribution in [3.05, 3.63) is 42.5 Å². The minimum atomic E-state index is 0.804. The van der Waals surface area contributed by atoms with Crippen LogP contribution in [0.25, 0.3) is 17.1 Å². The lowest BCUT2D eigenvalue weighted by molar-refractivity contribution is 0.839. The molecule has 0 atom stereocenters. The molecule has 0 bridgehead atoms. The van der Waals surface area contributed by atoms with Gasteiger partial charge in [0.1, 0.15) is 5.69 Å². The van der Waals surface area contributed by atoms with E-state index in [-0.39, 0.29) is 0 Å². The molecule has 5 nitrogen and oxygen atoms in total. The summed E-state index contributed by atoms with van der Waals surface area (Å²) in [5.74, 6) is 0. The fourth-order valence-corrected chi connectivity index (χ4v) is 2.02. The fraction of sp³-hybridized carbons (Fsp3) is 0.286. The second-order valence-electron chi connectivity index (χ2n) is 4.55. The Morgan fingerprint density at radius 1 is 1.21 bits per heavy atom. The van der Waals surface area contributed by atoms with E-state index in [1.54, 1.807) is 12.5 Å². The zero-order chi connectivity index (χ0) is 13.1. The molecule has 0 unspecified atom stereocenters. The van der Waals surface area contributed by atoms with Gasteiger partial charge in [-0.15, -0.1) is 0 Å². The Morgan fingerprint density at radius 2 is 2.16 bits per heavy atom. The third-order valence-electron chi connectivity index (χ3n) is 3.00. The summed E-state index contributed by atoms with van der Waals surface area (Å²) < 4.78 is 1.91. The van der Waals surface area contributed by atoms with Gasteiger partial charge in [0.15, 0.2) is 0 Å². The zero-order valence-corrected chi connectivity index (χ0v) is 10.8. The summed E-state index contributed by atoms with van der Waals surface area (Å²) in [6.45, 7) is 0.804. The molecule has 0 N–H and O–H groups in total. The van der Waals surface area contributed by atoms with Crippen LogP contribution in [0.1, 0.15) is 18.4 Å². The monoisotopic (exact) mass is 253 g/mol. The zero-order valence-electron chi connectivity index (χ0n) is 10.8. The van der Waals surface area contributed by atoms with Crippen LogP contribution in [-0.4, -0.2) is 21.1 Å². The lowest BCUT2D eigenvalue weighted by Gasteiger charge is -2.02. The number of hydrogen-bond acceptors (Lipinski definition) is 4. The van der Waals surface area contributed by atoms with Gasteiger partial charge >= 0.3 is 0 Å². The van der Waals surface area contributed by atoms with Crippen molar-refractivity contribution in [2.24, 2.45) is 17.3 Å². The fourth-order valence-electron chi connectivity index (χ4n) is 2.02. The van der Waals surface area contributed by atoms with E-state index in [2.05, 4.69) is 26.3 Å². The minimum Gasteiger partial charge on any atom is -0.340 e. The number of aromatic nitrogens is 3. The second kappa shape index (κ2) is 5.14. The van der Waals surface area contributed by atoms with Crippen LogP contribution < -0.4 is 0 Å². The first-order chi connectivity index (χ1) is 9.33. The summed E-state index contributed by atoms with van der Waals surface area (Å²) >= 11 is 0. The smallest absolute Gasteiger partial charge is 0.107 e. The van der Waals surface area contributed by atoms with Gasteiger partial charge in [-0.3, -0.25) is 4.98 Å². The summed E-state index contributed by atoms with van der Waals surface area (Å²) in [7, 11) is 1.95. The van der Waals surface area contributed by atoms with Crippen LogP contribution in [0.3, 0.4) is 0 Å². The number of hydrogen-bond donors (Lipinski definition) is 0. The van der Waals surface area contributed by atoms with E-state index in [9.17, 15) is 0 Å². The third kappa shape index (κ3) is 2.59. The van der Waals surface area contributed by atoms with Gasteiger partial charge < -0.3 is 4.57 Å². The molecule has 0 aromatic carbocycles.